The summed E-state index contributed by atoms with van der Waals surface area (Å²) >= 11 is 0. The van der Waals surface area contributed by atoms with Gasteiger partial charge in [-0.2, -0.15) is 0 Å². The van der Waals surface area contributed by atoms with E-state index in [0.717, 1.165) is 25.2 Å². The van der Waals surface area contributed by atoms with Crippen LogP contribution < -0.4 is 0 Å². The smallest absolute Gasteiger partial charge is 0.0842 e. The zero-order valence-corrected chi connectivity index (χ0v) is 12.3. The van der Waals surface area contributed by atoms with E-state index >= 15 is 0 Å². The molecule has 2 aliphatic carbocycles. The molecule has 1 N–H and O–H groups in total. The highest BCUT2D eigenvalue weighted by molar-refractivity contribution is 4.87. The third kappa shape index (κ3) is 3.71. The van der Waals surface area contributed by atoms with Crippen LogP contribution >= 0.6 is 0 Å². The van der Waals surface area contributed by atoms with Crippen LogP contribution in [-0.2, 0) is 4.74 Å². The summed E-state index contributed by atoms with van der Waals surface area (Å²) in [5.41, 5.74) is 0.336. The van der Waals surface area contributed by atoms with Gasteiger partial charge in [0.05, 0.1) is 18.3 Å². The lowest BCUT2D eigenvalue weighted by molar-refractivity contribution is -0.127. The molecule has 2 rings (SSSR count). The molecule has 0 radical (unpaired) electrons. The van der Waals surface area contributed by atoms with Gasteiger partial charge in [0.15, 0.2) is 0 Å². The van der Waals surface area contributed by atoms with E-state index in [0.29, 0.717) is 11.5 Å². The lowest BCUT2D eigenvalue weighted by Gasteiger charge is -2.41. The molecule has 0 aromatic rings. The second-order valence-electron chi connectivity index (χ2n) is 7.21. The van der Waals surface area contributed by atoms with E-state index in [9.17, 15) is 5.11 Å². The van der Waals surface area contributed by atoms with Crippen LogP contribution in [0.3, 0.4) is 0 Å². The Hall–Kier alpha value is -0.0800. The first kappa shape index (κ1) is 14.3. The molecule has 2 saturated carbocycles. The molecule has 2 aliphatic rings. The maximum atomic E-state index is 10.1. The predicted molar refractivity (Wildman–Crippen MR) is 74.5 cm³/mol. The topological polar surface area (TPSA) is 29.5 Å². The third-order valence-electron chi connectivity index (χ3n) is 4.98. The Bertz CT molecular complexity index is 262. The van der Waals surface area contributed by atoms with E-state index in [1.165, 1.54) is 32.1 Å². The van der Waals surface area contributed by atoms with Gasteiger partial charge in [-0.05, 0) is 43.4 Å². The summed E-state index contributed by atoms with van der Waals surface area (Å²) in [4.78, 5) is 0. The highest BCUT2D eigenvalue weighted by Gasteiger charge is 2.36. The van der Waals surface area contributed by atoms with E-state index in [4.69, 9.17) is 4.74 Å². The molecule has 0 spiro atoms. The van der Waals surface area contributed by atoms with Crippen LogP contribution in [0.5, 0.6) is 0 Å². The summed E-state index contributed by atoms with van der Waals surface area (Å²) in [5.74, 6) is 0.845. The molecule has 2 fully saturated rings. The van der Waals surface area contributed by atoms with Crippen LogP contribution in [0.25, 0.3) is 0 Å². The van der Waals surface area contributed by atoms with Gasteiger partial charge in [0.2, 0.25) is 0 Å². The number of ether oxygens (including phenoxy) is 1. The quantitative estimate of drug-likeness (QED) is 0.827. The molecule has 0 aromatic heterocycles. The van der Waals surface area contributed by atoms with Crippen molar-refractivity contribution in [2.45, 2.75) is 90.4 Å². The predicted octanol–water partition coefficient (Wildman–Crippen LogP) is 3.91. The fourth-order valence-corrected chi connectivity index (χ4v) is 3.63. The first-order valence-electron chi connectivity index (χ1n) is 7.83. The van der Waals surface area contributed by atoms with Crippen LogP contribution in [0.4, 0.5) is 0 Å². The van der Waals surface area contributed by atoms with Crippen molar-refractivity contribution >= 4 is 0 Å². The molecule has 0 heterocycles. The molecule has 0 amide bonds. The van der Waals surface area contributed by atoms with E-state index in [-0.39, 0.29) is 12.2 Å². The monoisotopic (exact) mass is 254 g/mol. The van der Waals surface area contributed by atoms with Crippen molar-refractivity contribution in [3.05, 3.63) is 0 Å². The molecule has 0 saturated heterocycles. The zero-order valence-electron chi connectivity index (χ0n) is 12.3. The summed E-state index contributed by atoms with van der Waals surface area (Å²) in [7, 11) is 0. The van der Waals surface area contributed by atoms with Gasteiger partial charge in [-0.3, -0.25) is 0 Å². The highest BCUT2D eigenvalue weighted by Crippen LogP contribution is 2.38. The maximum absolute atomic E-state index is 10.1. The van der Waals surface area contributed by atoms with Gasteiger partial charge < -0.3 is 9.84 Å². The standard InChI is InChI=1S/C16H30O2/c1-4-12-6-5-7-13(10-12)18-15-11-16(2,3)9-8-14(15)17/h12-15,17H,4-11H2,1-3H3. The van der Waals surface area contributed by atoms with E-state index in [1.807, 2.05) is 0 Å². The normalized spacial score (nSPS) is 40.7. The summed E-state index contributed by atoms with van der Waals surface area (Å²) in [6.45, 7) is 6.88. The van der Waals surface area contributed by atoms with Gasteiger partial charge in [-0.1, -0.05) is 40.0 Å². The number of aliphatic hydroxyl groups excluding tert-OH is 1. The molecule has 0 aliphatic heterocycles. The average Bonchev–Trinajstić information content (AvgIpc) is 2.34. The van der Waals surface area contributed by atoms with E-state index in [2.05, 4.69) is 20.8 Å². The molecule has 0 bridgehead atoms. The van der Waals surface area contributed by atoms with Crippen molar-refractivity contribution in [3.8, 4) is 0 Å². The van der Waals surface area contributed by atoms with Gasteiger partial charge >= 0.3 is 0 Å². The summed E-state index contributed by atoms with van der Waals surface area (Å²) in [6.07, 6.45) is 9.63. The first-order chi connectivity index (χ1) is 8.50. The Labute approximate surface area is 112 Å². The second-order valence-corrected chi connectivity index (χ2v) is 7.21. The number of aliphatic hydroxyl groups is 1. The van der Waals surface area contributed by atoms with Gasteiger partial charge in [0.1, 0.15) is 0 Å². The lowest BCUT2D eigenvalue weighted by atomic mass is 9.74. The number of rotatable bonds is 3. The maximum Gasteiger partial charge on any atom is 0.0842 e. The van der Waals surface area contributed by atoms with Crippen molar-refractivity contribution in [3.63, 3.8) is 0 Å². The van der Waals surface area contributed by atoms with Crippen molar-refractivity contribution < 1.29 is 9.84 Å². The summed E-state index contributed by atoms with van der Waals surface area (Å²) in [5, 5.41) is 10.1. The van der Waals surface area contributed by atoms with Gasteiger partial charge in [0.25, 0.3) is 0 Å². The van der Waals surface area contributed by atoms with Crippen molar-refractivity contribution in [1.82, 2.24) is 0 Å². The minimum Gasteiger partial charge on any atom is -0.390 e. The molecular weight excluding hydrogens is 224 g/mol. The molecule has 2 heteroatoms. The Balaban J connectivity index is 1.87. The third-order valence-corrected chi connectivity index (χ3v) is 4.98. The van der Waals surface area contributed by atoms with Crippen LogP contribution in [-0.4, -0.2) is 23.4 Å². The Morgan fingerprint density at radius 1 is 1.22 bits per heavy atom. The highest BCUT2D eigenvalue weighted by atomic mass is 16.5. The van der Waals surface area contributed by atoms with E-state index < -0.39 is 0 Å². The Morgan fingerprint density at radius 2 is 2.00 bits per heavy atom. The average molecular weight is 254 g/mol. The first-order valence-corrected chi connectivity index (χ1v) is 7.83. The van der Waals surface area contributed by atoms with E-state index in [1.54, 1.807) is 0 Å². The molecule has 106 valence electrons. The fourth-order valence-electron chi connectivity index (χ4n) is 3.63. The Kier molecular flexibility index (Phi) is 4.71. The second kappa shape index (κ2) is 5.92. The number of hydrogen-bond donors (Lipinski definition) is 1. The molecule has 4 unspecified atom stereocenters. The van der Waals surface area contributed by atoms with Crippen LogP contribution in [0.2, 0.25) is 0 Å². The molecule has 0 aromatic carbocycles. The minimum atomic E-state index is -0.236. The largest absolute Gasteiger partial charge is 0.390 e. The van der Waals surface area contributed by atoms with Crippen LogP contribution in [0, 0.1) is 11.3 Å². The minimum absolute atomic E-state index is 0.0781. The van der Waals surface area contributed by atoms with Crippen molar-refractivity contribution in [1.29, 1.82) is 0 Å². The molecular formula is C16H30O2. The fraction of sp³-hybridized carbons (Fsp3) is 1.00. The van der Waals surface area contributed by atoms with Crippen LogP contribution in [0.1, 0.15) is 72.1 Å². The van der Waals surface area contributed by atoms with Crippen molar-refractivity contribution in [2.24, 2.45) is 11.3 Å². The molecule has 4 atom stereocenters. The lowest BCUT2D eigenvalue weighted by Crippen LogP contribution is -2.42. The van der Waals surface area contributed by atoms with Gasteiger partial charge in [-0.25, -0.2) is 0 Å². The van der Waals surface area contributed by atoms with Crippen molar-refractivity contribution in [2.75, 3.05) is 0 Å². The molecule has 2 nitrogen and oxygen atoms in total. The summed E-state index contributed by atoms with van der Waals surface area (Å²) < 4.78 is 6.26. The number of hydrogen-bond acceptors (Lipinski definition) is 2. The molecule has 18 heavy (non-hydrogen) atoms. The van der Waals surface area contributed by atoms with Crippen LogP contribution in [0.15, 0.2) is 0 Å². The Morgan fingerprint density at radius 3 is 2.72 bits per heavy atom. The zero-order chi connectivity index (χ0) is 13.2. The SMILES string of the molecule is CCC1CCCC(OC2CC(C)(C)CCC2O)C1. The van der Waals surface area contributed by atoms with Gasteiger partial charge in [-0.15, -0.1) is 0 Å². The summed E-state index contributed by atoms with van der Waals surface area (Å²) in [6, 6.07) is 0. The van der Waals surface area contributed by atoms with Gasteiger partial charge in [0, 0.05) is 0 Å².